The third-order valence-corrected chi connectivity index (χ3v) is 4.43. The number of urea groups is 1. The predicted octanol–water partition coefficient (Wildman–Crippen LogP) is 3.00. The lowest BCUT2D eigenvalue weighted by Crippen LogP contribution is -2.42. The molecule has 0 radical (unpaired) electrons. The van der Waals surface area contributed by atoms with Crippen molar-refractivity contribution >= 4 is 34.9 Å². The summed E-state index contributed by atoms with van der Waals surface area (Å²) in [6.45, 7) is 0.587. The molecule has 0 fully saturated rings. The Kier molecular flexibility index (Phi) is 6.57. The fourth-order valence-electron chi connectivity index (χ4n) is 1.90. The molecule has 0 aliphatic rings. The molecule has 5 nitrogen and oxygen atoms in total. The van der Waals surface area contributed by atoms with Gasteiger partial charge in [0.2, 0.25) is 5.91 Å². The van der Waals surface area contributed by atoms with Crippen LogP contribution in [-0.4, -0.2) is 30.4 Å². The summed E-state index contributed by atoms with van der Waals surface area (Å²) in [6.07, 6.45) is 0. The van der Waals surface area contributed by atoms with Crippen LogP contribution in [0.4, 0.5) is 9.18 Å². The monoisotopic (exact) mass is 369 g/mol. The maximum Gasteiger partial charge on any atom is 0.315 e. The van der Waals surface area contributed by atoms with E-state index in [-0.39, 0.29) is 24.8 Å². The van der Waals surface area contributed by atoms with Crippen molar-refractivity contribution in [1.29, 1.82) is 0 Å². The minimum Gasteiger partial charge on any atom is -0.339 e. The molecule has 24 heavy (non-hydrogen) atoms. The summed E-state index contributed by atoms with van der Waals surface area (Å²) < 4.78 is 13.5. The molecular weight excluding hydrogens is 353 g/mol. The van der Waals surface area contributed by atoms with Gasteiger partial charge in [0.1, 0.15) is 5.82 Å². The Morgan fingerprint density at radius 2 is 1.88 bits per heavy atom. The Morgan fingerprint density at radius 1 is 1.17 bits per heavy atom. The number of likely N-dealkylation sites (N-methyl/N-ethyl adjacent to an activating group) is 1. The van der Waals surface area contributed by atoms with Crippen molar-refractivity contribution in [3.63, 3.8) is 0 Å². The molecule has 128 valence electrons. The van der Waals surface area contributed by atoms with Gasteiger partial charge in [-0.05, 0) is 29.8 Å². The zero-order chi connectivity index (χ0) is 17.5. The third-order valence-electron chi connectivity index (χ3n) is 3.21. The first-order valence-corrected chi connectivity index (χ1v) is 8.38. The number of thiophene rings is 1. The fourth-order valence-corrected chi connectivity index (χ4v) is 3.04. The summed E-state index contributed by atoms with van der Waals surface area (Å²) in [6, 6.07) is 9.00. The number of amides is 3. The number of halogens is 2. The van der Waals surface area contributed by atoms with Crippen molar-refractivity contribution in [2.45, 2.75) is 13.1 Å². The molecule has 3 amide bonds. The van der Waals surface area contributed by atoms with Crippen LogP contribution in [0.5, 0.6) is 0 Å². The summed E-state index contributed by atoms with van der Waals surface area (Å²) in [5, 5.41) is 5.11. The van der Waals surface area contributed by atoms with Gasteiger partial charge in [-0.1, -0.05) is 23.7 Å². The lowest BCUT2D eigenvalue weighted by atomic mass is 10.2. The summed E-state index contributed by atoms with van der Waals surface area (Å²) in [4.78, 5) is 26.2. The molecule has 0 bridgehead atoms. The molecule has 2 N–H and O–H groups in total. The maximum atomic E-state index is 12.8. The zero-order valence-corrected chi connectivity index (χ0v) is 14.6. The van der Waals surface area contributed by atoms with Crippen molar-refractivity contribution in [3.05, 3.63) is 57.0 Å². The van der Waals surface area contributed by atoms with Gasteiger partial charge in [-0.15, -0.1) is 11.3 Å². The number of nitrogens with zero attached hydrogens (tertiary/aromatic N) is 1. The number of carbonyl (C=O) groups excluding carboxylic acids is 2. The summed E-state index contributed by atoms with van der Waals surface area (Å²) in [7, 11) is 1.66. The van der Waals surface area contributed by atoms with Crippen molar-refractivity contribution in [2.24, 2.45) is 0 Å². The summed E-state index contributed by atoms with van der Waals surface area (Å²) >= 11 is 7.26. The van der Waals surface area contributed by atoms with E-state index in [0.29, 0.717) is 10.9 Å². The predicted molar refractivity (Wildman–Crippen MR) is 92.4 cm³/mol. The third kappa shape index (κ3) is 5.82. The van der Waals surface area contributed by atoms with Gasteiger partial charge in [-0.2, -0.15) is 0 Å². The average Bonchev–Trinajstić information content (AvgIpc) is 2.96. The van der Waals surface area contributed by atoms with Gasteiger partial charge in [0.15, 0.2) is 0 Å². The number of hydrogen-bond donors (Lipinski definition) is 2. The molecular formula is C16H17ClFN3O2S. The van der Waals surface area contributed by atoms with Gasteiger partial charge in [0, 0.05) is 18.5 Å². The molecule has 0 spiro atoms. The normalized spacial score (nSPS) is 10.3. The lowest BCUT2D eigenvalue weighted by Gasteiger charge is -2.16. The average molecular weight is 370 g/mol. The molecule has 1 aromatic heterocycles. The van der Waals surface area contributed by atoms with E-state index in [9.17, 15) is 14.0 Å². The van der Waals surface area contributed by atoms with E-state index in [4.69, 9.17) is 11.6 Å². The van der Waals surface area contributed by atoms with Crippen LogP contribution in [0.2, 0.25) is 4.34 Å². The van der Waals surface area contributed by atoms with Crippen LogP contribution < -0.4 is 10.6 Å². The molecule has 0 saturated heterocycles. The molecule has 8 heteroatoms. The van der Waals surface area contributed by atoms with Gasteiger partial charge >= 0.3 is 6.03 Å². The van der Waals surface area contributed by atoms with Crippen molar-refractivity contribution in [1.82, 2.24) is 15.5 Å². The van der Waals surface area contributed by atoms with Crippen LogP contribution in [0.1, 0.15) is 10.4 Å². The van der Waals surface area contributed by atoms with Crippen LogP contribution in [0.15, 0.2) is 36.4 Å². The SMILES string of the molecule is CN(Cc1ccc(Cl)s1)C(=O)CNC(=O)NCc1ccc(F)cc1. The largest absolute Gasteiger partial charge is 0.339 e. The highest BCUT2D eigenvalue weighted by molar-refractivity contribution is 7.16. The fraction of sp³-hybridized carbons (Fsp3) is 0.250. The van der Waals surface area contributed by atoms with Crippen LogP contribution in [0.25, 0.3) is 0 Å². The maximum absolute atomic E-state index is 12.8. The molecule has 0 aliphatic carbocycles. The van der Waals surface area contributed by atoms with Gasteiger partial charge in [0.05, 0.1) is 17.4 Å². The van der Waals surface area contributed by atoms with E-state index in [2.05, 4.69) is 10.6 Å². The van der Waals surface area contributed by atoms with Crippen molar-refractivity contribution in [2.75, 3.05) is 13.6 Å². The molecule has 1 heterocycles. The van der Waals surface area contributed by atoms with Crippen LogP contribution >= 0.6 is 22.9 Å². The van der Waals surface area contributed by atoms with Crippen molar-refractivity contribution < 1.29 is 14.0 Å². The molecule has 2 aromatic rings. The molecule has 0 atom stereocenters. The molecule has 0 unspecified atom stereocenters. The zero-order valence-electron chi connectivity index (χ0n) is 13.0. The second-order valence-electron chi connectivity index (χ2n) is 5.12. The second kappa shape index (κ2) is 8.65. The van der Waals surface area contributed by atoms with Gasteiger partial charge in [-0.25, -0.2) is 9.18 Å². The highest BCUT2D eigenvalue weighted by Gasteiger charge is 2.12. The van der Waals surface area contributed by atoms with E-state index >= 15 is 0 Å². The van der Waals surface area contributed by atoms with E-state index in [1.807, 2.05) is 6.07 Å². The quantitative estimate of drug-likeness (QED) is 0.822. The Labute approximate surface area is 148 Å². The minimum atomic E-state index is -0.458. The minimum absolute atomic E-state index is 0.106. The van der Waals surface area contributed by atoms with Gasteiger partial charge < -0.3 is 15.5 Å². The first-order valence-electron chi connectivity index (χ1n) is 7.18. The van der Waals surface area contributed by atoms with Crippen LogP contribution in [0, 0.1) is 5.82 Å². The Morgan fingerprint density at radius 3 is 2.50 bits per heavy atom. The van der Waals surface area contributed by atoms with Crippen molar-refractivity contribution in [3.8, 4) is 0 Å². The molecule has 2 rings (SSSR count). The molecule has 0 aliphatic heterocycles. The highest BCUT2D eigenvalue weighted by atomic mass is 35.5. The second-order valence-corrected chi connectivity index (χ2v) is 6.92. The van der Waals surface area contributed by atoms with E-state index < -0.39 is 6.03 Å². The smallest absolute Gasteiger partial charge is 0.315 e. The standard InChI is InChI=1S/C16H17ClFN3O2S/c1-21(10-13-6-7-14(17)24-13)15(22)9-20-16(23)19-8-11-2-4-12(18)5-3-11/h2-7H,8-10H2,1H3,(H2,19,20,23). The van der Waals surface area contributed by atoms with Crippen LogP contribution in [-0.2, 0) is 17.9 Å². The summed E-state index contributed by atoms with van der Waals surface area (Å²) in [5.41, 5.74) is 0.768. The number of carbonyl (C=O) groups is 2. The number of rotatable bonds is 6. The van der Waals surface area contributed by atoms with Gasteiger partial charge in [-0.3, -0.25) is 4.79 Å². The Hall–Kier alpha value is -2.12. The van der Waals surface area contributed by atoms with Gasteiger partial charge in [0.25, 0.3) is 0 Å². The number of nitrogens with one attached hydrogen (secondary N) is 2. The van der Waals surface area contributed by atoms with E-state index in [1.54, 1.807) is 25.2 Å². The lowest BCUT2D eigenvalue weighted by molar-refractivity contribution is -0.129. The first kappa shape index (κ1) is 18.2. The topological polar surface area (TPSA) is 61.4 Å². The van der Waals surface area contributed by atoms with E-state index in [0.717, 1.165) is 10.4 Å². The number of hydrogen-bond acceptors (Lipinski definition) is 3. The summed E-state index contributed by atoms with van der Waals surface area (Å²) in [5.74, 6) is -0.541. The van der Waals surface area contributed by atoms with E-state index in [1.165, 1.54) is 28.4 Å². The molecule has 1 aromatic carbocycles. The highest BCUT2D eigenvalue weighted by Crippen LogP contribution is 2.22. The van der Waals surface area contributed by atoms with Crippen LogP contribution in [0.3, 0.4) is 0 Å². The Balaban J connectivity index is 1.70. The Bertz CT molecular complexity index is 706. The number of benzene rings is 1. The molecule has 0 saturated carbocycles. The first-order chi connectivity index (χ1) is 11.4.